The van der Waals surface area contributed by atoms with Gasteiger partial charge in [0.15, 0.2) is 0 Å². The average Bonchev–Trinajstić information content (AvgIpc) is 3.16. The number of nitrogens with zero attached hydrogens (tertiary/aromatic N) is 1. The number of fused-ring (bicyclic) bond motifs is 1. The van der Waals surface area contributed by atoms with E-state index in [9.17, 15) is 4.79 Å². The van der Waals surface area contributed by atoms with Crippen LogP contribution in [-0.2, 0) is 4.74 Å². The van der Waals surface area contributed by atoms with E-state index in [4.69, 9.17) is 19.9 Å². The number of anilines is 2. The Bertz CT molecular complexity index is 1390. The summed E-state index contributed by atoms with van der Waals surface area (Å²) in [5.74, 6) is 1.34. The van der Waals surface area contributed by atoms with E-state index in [1.807, 2.05) is 60.7 Å². The van der Waals surface area contributed by atoms with Gasteiger partial charge < -0.3 is 24.5 Å². The highest BCUT2D eigenvalue weighted by atomic mass is 16.6. The molecule has 1 saturated heterocycles. The minimum Gasteiger partial charge on any atom is -0.490 e. The van der Waals surface area contributed by atoms with Gasteiger partial charge in [0.1, 0.15) is 17.6 Å². The molecule has 6 rings (SSSR count). The van der Waals surface area contributed by atoms with E-state index in [1.165, 1.54) is 6.42 Å². The summed E-state index contributed by atoms with van der Waals surface area (Å²) in [5.41, 5.74) is 11.3. The van der Waals surface area contributed by atoms with E-state index < -0.39 is 6.09 Å². The number of benzene rings is 3. The van der Waals surface area contributed by atoms with Crippen molar-refractivity contribution in [2.75, 3.05) is 24.3 Å². The molecule has 0 atom stereocenters. The molecule has 4 aromatic rings. The van der Waals surface area contributed by atoms with Gasteiger partial charge in [-0.1, -0.05) is 18.2 Å². The summed E-state index contributed by atoms with van der Waals surface area (Å²) < 4.78 is 19.6. The van der Waals surface area contributed by atoms with Gasteiger partial charge in [0.2, 0.25) is 0 Å². The fraction of sp³-hybridized carbons (Fsp3) is 0.300. The number of nitrogen functional groups attached to an aromatic ring is 1. The van der Waals surface area contributed by atoms with Crippen molar-refractivity contribution in [3.05, 3.63) is 72.8 Å². The number of carbonyl (C=O) groups excluding carboxylic acids is 1. The van der Waals surface area contributed by atoms with Crippen molar-refractivity contribution in [3.63, 3.8) is 0 Å². The first-order valence-corrected chi connectivity index (χ1v) is 13.0. The quantitative estimate of drug-likeness (QED) is 0.306. The number of carbonyl (C=O) groups is 1. The maximum atomic E-state index is 12.3. The van der Waals surface area contributed by atoms with Crippen LogP contribution in [-0.4, -0.2) is 30.0 Å². The standard InChI is InChI=1S/C30H31N3O4/c31-28-26-14-13-25(36-24-15-17-35-18-16-24)19-27(26)33(22-7-4-8-22)29(28)20-9-11-23(12-10-20)37-30(34)32-21-5-2-1-3-6-21/h1-3,5-6,9-14,19,22,24H,4,7-8,15-18,31H2,(H,32,34). The Morgan fingerprint density at radius 1 is 0.919 bits per heavy atom. The lowest BCUT2D eigenvalue weighted by atomic mass is 9.92. The highest BCUT2D eigenvalue weighted by Crippen LogP contribution is 2.45. The Kier molecular flexibility index (Phi) is 6.45. The Hall–Kier alpha value is -3.97. The SMILES string of the molecule is Nc1c(-c2ccc(OC(=O)Nc3ccccc3)cc2)n(C2CCC2)c2cc(OC3CCOCC3)ccc12. The van der Waals surface area contributed by atoms with Crippen molar-refractivity contribution in [3.8, 4) is 22.8 Å². The molecular weight excluding hydrogens is 466 g/mol. The molecule has 3 N–H and O–H groups in total. The van der Waals surface area contributed by atoms with Gasteiger partial charge in [-0.2, -0.15) is 0 Å². The zero-order chi connectivity index (χ0) is 25.2. The van der Waals surface area contributed by atoms with Gasteiger partial charge in [-0.25, -0.2) is 4.79 Å². The zero-order valence-electron chi connectivity index (χ0n) is 20.7. The number of ether oxygens (including phenoxy) is 3. The Morgan fingerprint density at radius 2 is 1.65 bits per heavy atom. The molecule has 2 heterocycles. The van der Waals surface area contributed by atoms with Crippen LogP contribution in [0.2, 0.25) is 0 Å². The molecule has 0 unspecified atom stereocenters. The van der Waals surface area contributed by atoms with E-state index >= 15 is 0 Å². The predicted molar refractivity (Wildman–Crippen MR) is 145 cm³/mol. The Balaban J connectivity index is 1.28. The van der Waals surface area contributed by atoms with E-state index in [0.717, 1.165) is 72.5 Å². The molecule has 2 fully saturated rings. The van der Waals surface area contributed by atoms with Gasteiger partial charge in [-0.3, -0.25) is 5.32 Å². The van der Waals surface area contributed by atoms with Crippen LogP contribution in [0.15, 0.2) is 72.8 Å². The summed E-state index contributed by atoms with van der Waals surface area (Å²) in [6, 6.07) is 23.4. The summed E-state index contributed by atoms with van der Waals surface area (Å²) in [4.78, 5) is 12.3. The number of rotatable bonds is 6. The first-order chi connectivity index (χ1) is 18.2. The number of nitrogens with two attached hydrogens (primary N) is 1. The predicted octanol–water partition coefficient (Wildman–Crippen LogP) is 6.78. The minimum atomic E-state index is -0.529. The van der Waals surface area contributed by atoms with Crippen LogP contribution in [0.5, 0.6) is 11.5 Å². The minimum absolute atomic E-state index is 0.182. The number of hydrogen-bond donors (Lipinski definition) is 2. The second-order valence-corrected chi connectivity index (χ2v) is 9.73. The number of para-hydroxylation sites is 1. The maximum Gasteiger partial charge on any atom is 0.417 e. The van der Waals surface area contributed by atoms with Crippen molar-refractivity contribution >= 4 is 28.4 Å². The van der Waals surface area contributed by atoms with Gasteiger partial charge in [0.05, 0.1) is 30.1 Å². The molecule has 1 amide bonds. The van der Waals surface area contributed by atoms with Gasteiger partial charge in [-0.05, 0) is 67.8 Å². The molecule has 0 radical (unpaired) electrons. The fourth-order valence-corrected chi connectivity index (χ4v) is 5.15. The molecule has 1 aliphatic heterocycles. The Morgan fingerprint density at radius 3 is 2.35 bits per heavy atom. The van der Waals surface area contributed by atoms with Crippen molar-refractivity contribution in [2.24, 2.45) is 0 Å². The van der Waals surface area contributed by atoms with Crippen molar-refractivity contribution < 1.29 is 19.0 Å². The molecule has 1 aliphatic carbocycles. The van der Waals surface area contributed by atoms with Crippen LogP contribution in [0.25, 0.3) is 22.2 Å². The number of hydrogen-bond acceptors (Lipinski definition) is 5. The van der Waals surface area contributed by atoms with Gasteiger partial charge in [-0.15, -0.1) is 0 Å². The summed E-state index contributed by atoms with van der Waals surface area (Å²) in [5, 5.41) is 3.76. The molecule has 0 bridgehead atoms. The molecule has 7 heteroatoms. The molecule has 7 nitrogen and oxygen atoms in total. The van der Waals surface area contributed by atoms with Crippen LogP contribution >= 0.6 is 0 Å². The number of aromatic nitrogens is 1. The fourth-order valence-electron chi connectivity index (χ4n) is 5.15. The van der Waals surface area contributed by atoms with Gasteiger partial charge >= 0.3 is 6.09 Å². The van der Waals surface area contributed by atoms with E-state index in [-0.39, 0.29) is 6.10 Å². The third-order valence-corrected chi connectivity index (χ3v) is 7.28. The van der Waals surface area contributed by atoms with Crippen molar-refractivity contribution in [1.29, 1.82) is 0 Å². The highest BCUT2D eigenvalue weighted by Gasteiger charge is 2.27. The molecular formula is C30H31N3O4. The van der Waals surface area contributed by atoms with Crippen molar-refractivity contribution in [2.45, 2.75) is 44.2 Å². The van der Waals surface area contributed by atoms with E-state index in [0.29, 0.717) is 17.5 Å². The summed E-state index contributed by atoms with van der Waals surface area (Å²) in [6.45, 7) is 1.49. The van der Waals surface area contributed by atoms with Crippen LogP contribution in [0.1, 0.15) is 38.1 Å². The molecule has 0 spiro atoms. The topological polar surface area (TPSA) is 87.7 Å². The largest absolute Gasteiger partial charge is 0.490 e. The molecule has 2 aliphatic rings. The van der Waals surface area contributed by atoms with E-state index in [2.05, 4.69) is 22.0 Å². The number of nitrogens with one attached hydrogen (secondary N) is 1. The van der Waals surface area contributed by atoms with Gasteiger partial charge in [0, 0.05) is 41.6 Å². The second-order valence-electron chi connectivity index (χ2n) is 9.73. The highest BCUT2D eigenvalue weighted by molar-refractivity contribution is 6.01. The zero-order valence-corrected chi connectivity index (χ0v) is 20.7. The van der Waals surface area contributed by atoms with Crippen LogP contribution in [0.4, 0.5) is 16.2 Å². The normalized spacial score (nSPS) is 16.3. The third kappa shape index (κ3) is 4.87. The lowest BCUT2D eigenvalue weighted by molar-refractivity contribution is 0.0256. The number of amides is 1. The molecule has 37 heavy (non-hydrogen) atoms. The van der Waals surface area contributed by atoms with Crippen LogP contribution in [0.3, 0.4) is 0 Å². The average molecular weight is 498 g/mol. The maximum absolute atomic E-state index is 12.3. The lowest BCUT2D eigenvalue weighted by Crippen LogP contribution is -2.25. The molecule has 190 valence electrons. The van der Waals surface area contributed by atoms with Crippen LogP contribution in [0, 0.1) is 0 Å². The summed E-state index contributed by atoms with van der Waals surface area (Å²) in [6.07, 6.45) is 4.94. The van der Waals surface area contributed by atoms with Gasteiger partial charge in [0.25, 0.3) is 0 Å². The summed E-state index contributed by atoms with van der Waals surface area (Å²) in [7, 11) is 0. The third-order valence-electron chi connectivity index (χ3n) is 7.28. The summed E-state index contributed by atoms with van der Waals surface area (Å²) >= 11 is 0. The molecule has 1 saturated carbocycles. The first-order valence-electron chi connectivity index (χ1n) is 13.0. The first kappa shape index (κ1) is 23.4. The molecule has 3 aromatic carbocycles. The molecule has 1 aromatic heterocycles. The second kappa shape index (κ2) is 10.2. The van der Waals surface area contributed by atoms with E-state index in [1.54, 1.807) is 0 Å². The van der Waals surface area contributed by atoms with Crippen LogP contribution < -0.4 is 20.5 Å². The monoisotopic (exact) mass is 497 g/mol. The lowest BCUT2D eigenvalue weighted by Gasteiger charge is -2.30. The smallest absolute Gasteiger partial charge is 0.417 e. The van der Waals surface area contributed by atoms with Crippen molar-refractivity contribution in [1.82, 2.24) is 4.57 Å². The Labute approximate surface area is 216 Å².